The molecule has 4 heteroatoms. The van der Waals surface area contributed by atoms with Crippen LogP contribution in [0.25, 0.3) is 0 Å². The third-order valence-electron chi connectivity index (χ3n) is 1.18. The molecule has 0 aliphatic carbocycles. The zero-order valence-corrected chi connectivity index (χ0v) is 5.82. The minimum atomic E-state index is 0.293. The van der Waals surface area contributed by atoms with Gasteiger partial charge >= 0.3 is 0 Å². The van der Waals surface area contributed by atoms with Crippen LogP contribution in [0.5, 0.6) is 0 Å². The van der Waals surface area contributed by atoms with Crippen LogP contribution >= 0.6 is 0 Å². The molecule has 1 heterocycles. The Balaban J connectivity index is 2.49. The van der Waals surface area contributed by atoms with Gasteiger partial charge in [-0.15, -0.1) is 0 Å². The third kappa shape index (κ3) is 1.65. The second kappa shape index (κ2) is 3.10. The van der Waals surface area contributed by atoms with Gasteiger partial charge in [-0.05, 0) is 12.5 Å². The van der Waals surface area contributed by atoms with Gasteiger partial charge in [0.25, 0.3) is 0 Å². The Morgan fingerprint density at radius 1 is 1.80 bits per heavy atom. The predicted molar refractivity (Wildman–Crippen MR) is 37.6 cm³/mol. The van der Waals surface area contributed by atoms with Crippen LogP contribution in [0.4, 0.5) is 0 Å². The van der Waals surface area contributed by atoms with Crippen molar-refractivity contribution >= 4 is 0 Å². The molecule has 0 spiro atoms. The average molecular weight is 139 g/mol. The fraction of sp³-hybridized carbons (Fsp3) is 0.500. The molecule has 0 radical (unpaired) electrons. The van der Waals surface area contributed by atoms with E-state index in [1.54, 1.807) is 10.9 Å². The number of aromatic nitrogens is 2. The lowest BCUT2D eigenvalue weighted by Crippen LogP contribution is -2.00. The van der Waals surface area contributed by atoms with Gasteiger partial charge in [-0.2, -0.15) is 10.0 Å². The van der Waals surface area contributed by atoms with Gasteiger partial charge in [-0.3, -0.25) is 4.68 Å². The van der Waals surface area contributed by atoms with Gasteiger partial charge in [0, 0.05) is 6.20 Å². The van der Waals surface area contributed by atoms with Crippen LogP contribution in [0.15, 0.2) is 17.6 Å². The lowest BCUT2D eigenvalue weighted by Gasteiger charge is -1.92. The van der Waals surface area contributed by atoms with Crippen LogP contribution in [-0.2, 0) is 6.54 Å². The molecule has 0 amide bonds. The first-order valence-corrected chi connectivity index (χ1v) is 3.11. The Morgan fingerprint density at radius 2 is 2.60 bits per heavy atom. The molecule has 54 valence electrons. The van der Waals surface area contributed by atoms with Crippen molar-refractivity contribution in [3.63, 3.8) is 0 Å². The number of nitroso groups, excluding NO2 is 1. The van der Waals surface area contributed by atoms with Crippen molar-refractivity contribution in [2.45, 2.75) is 13.5 Å². The van der Waals surface area contributed by atoms with Gasteiger partial charge in [-0.25, -0.2) is 0 Å². The lowest BCUT2D eigenvalue weighted by atomic mass is 10.4. The standard InChI is InChI=1S/C6H9N3O/c1-6-4-7-9(5-6)3-2-8-10/h4-5H,2-3H2,1H3. The van der Waals surface area contributed by atoms with Crippen molar-refractivity contribution in [2.24, 2.45) is 5.18 Å². The summed E-state index contributed by atoms with van der Waals surface area (Å²) in [6, 6.07) is 0. The van der Waals surface area contributed by atoms with Gasteiger partial charge in [0.1, 0.15) is 6.54 Å². The minimum absolute atomic E-state index is 0.293. The molecule has 10 heavy (non-hydrogen) atoms. The van der Waals surface area contributed by atoms with Gasteiger partial charge in [0.05, 0.1) is 12.7 Å². The normalized spacial score (nSPS) is 9.70. The second-order valence-corrected chi connectivity index (χ2v) is 2.13. The second-order valence-electron chi connectivity index (χ2n) is 2.13. The zero-order chi connectivity index (χ0) is 7.40. The molecular weight excluding hydrogens is 130 g/mol. The highest BCUT2D eigenvalue weighted by atomic mass is 16.3. The molecule has 0 saturated carbocycles. The van der Waals surface area contributed by atoms with Crippen LogP contribution < -0.4 is 0 Å². The molecule has 0 N–H and O–H groups in total. The maximum atomic E-state index is 9.69. The predicted octanol–water partition coefficient (Wildman–Crippen LogP) is 0.958. The lowest BCUT2D eigenvalue weighted by molar-refractivity contribution is 0.624. The molecule has 1 aromatic rings. The van der Waals surface area contributed by atoms with Crippen molar-refractivity contribution in [3.8, 4) is 0 Å². The summed E-state index contributed by atoms with van der Waals surface area (Å²) in [5, 5.41) is 6.70. The Bertz CT molecular complexity index is 219. The highest BCUT2D eigenvalue weighted by Crippen LogP contribution is 1.93. The highest BCUT2D eigenvalue weighted by molar-refractivity contribution is 4.99. The van der Waals surface area contributed by atoms with E-state index in [0.717, 1.165) is 5.56 Å². The Kier molecular flexibility index (Phi) is 2.15. The molecule has 1 rings (SSSR count). The van der Waals surface area contributed by atoms with Crippen LogP contribution in [0.3, 0.4) is 0 Å². The number of aryl methyl sites for hydroxylation is 1. The largest absolute Gasteiger partial charge is 0.270 e. The van der Waals surface area contributed by atoms with E-state index in [1.807, 2.05) is 13.1 Å². The third-order valence-corrected chi connectivity index (χ3v) is 1.18. The smallest absolute Gasteiger partial charge is 0.101 e. The summed E-state index contributed by atoms with van der Waals surface area (Å²) in [5.41, 5.74) is 1.10. The average Bonchev–Trinajstić information content (AvgIpc) is 2.31. The molecule has 0 bridgehead atoms. The van der Waals surface area contributed by atoms with Crippen LogP contribution in [0, 0.1) is 11.8 Å². The summed E-state index contributed by atoms with van der Waals surface area (Å²) in [4.78, 5) is 9.69. The number of rotatable bonds is 3. The fourth-order valence-corrected chi connectivity index (χ4v) is 0.733. The molecule has 0 saturated heterocycles. The maximum absolute atomic E-state index is 9.69. The van der Waals surface area contributed by atoms with E-state index in [1.165, 1.54) is 0 Å². The van der Waals surface area contributed by atoms with Gasteiger partial charge in [0.2, 0.25) is 0 Å². The summed E-state index contributed by atoms with van der Waals surface area (Å²) >= 11 is 0. The fourth-order valence-electron chi connectivity index (χ4n) is 0.733. The molecular formula is C6H9N3O. The minimum Gasteiger partial charge on any atom is -0.270 e. The van der Waals surface area contributed by atoms with Crippen molar-refractivity contribution in [3.05, 3.63) is 22.9 Å². The Hall–Kier alpha value is -1.19. The van der Waals surface area contributed by atoms with Gasteiger partial charge in [-0.1, -0.05) is 5.18 Å². The maximum Gasteiger partial charge on any atom is 0.101 e. The first kappa shape index (κ1) is 6.92. The van der Waals surface area contributed by atoms with E-state index in [0.29, 0.717) is 13.1 Å². The molecule has 4 nitrogen and oxygen atoms in total. The van der Waals surface area contributed by atoms with E-state index in [2.05, 4.69) is 10.3 Å². The number of hydrogen-bond acceptors (Lipinski definition) is 3. The van der Waals surface area contributed by atoms with Crippen LogP contribution in [0.1, 0.15) is 5.56 Å². The van der Waals surface area contributed by atoms with Crippen LogP contribution in [-0.4, -0.2) is 16.3 Å². The first-order chi connectivity index (χ1) is 4.83. The van der Waals surface area contributed by atoms with Crippen molar-refractivity contribution < 1.29 is 0 Å². The van der Waals surface area contributed by atoms with Crippen molar-refractivity contribution in [1.29, 1.82) is 0 Å². The Labute approximate surface area is 58.8 Å². The SMILES string of the molecule is Cc1cnn(CCN=O)c1. The monoisotopic (exact) mass is 139 g/mol. The van der Waals surface area contributed by atoms with Gasteiger partial charge in [0.15, 0.2) is 0 Å². The molecule has 0 aliphatic rings. The summed E-state index contributed by atoms with van der Waals surface area (Å²) in [5.74, 6) is 0. The summed E-state index contributed by atoms with van der Waals surface area (Å²) in [6.07, 6.45) is 3.63. The molecule has 0 fully saturated rings. The van der Waals surface area contributed by atoms with E-state index in [4.69, 9.17) is 0 Å². The van der Waals surface area contributed by atoms with E-state index < -0.39 is 0 Å². The van der Waals surface area contributed by atoms with E-state index >= 15 is 0 Å². The molecule has 1 aromatic heterocycles. The van der Waals surface area contributed by atoms with E-state index in [-0.39, 0.29) is 0 Å². The molecule has 0 atom stereocenters. The summed E-state index contributed by atoms with van der Waals surface area (Å²) in [6.45, 7) is 2.83. The molecule has 0 aromatic carbocycles. The molecule has 0 unspecified atom stereocenters. The summed E-state index contributed by atoms with van der Waals surface area (Å²) in [7, 11) is 0. The van der Waals surface area contributed by atoms with Crippen molar-refractivity contribution in [1.82, 2.24) is 9.78 Å². The quantitative estimate of drug-likeness (QED) is 0.585. The van der Waals surface area contributed by atoms with Crippen LogP contribution in [0.2, 0.25) is 0 Å². The molecule has 0 aliphatic heterocycles. The van der Waals surface area contributed by atoms with Crippen molar-refractivity contribution in [2.75, 3.05) is 6.54 Å². The van der Waals surface area contributed by atoms with E-state index in [9.17, 15) is 4.91 Å². The topological polar surface area (TPSA) is 47.2 Å². The summed E-state index contributed by atoms with van der Waals surface area (Å²) < 4.78 is 1.71. The Morgan fingerprint density at radius 3 is 3.10 bits per heavy atom. The number of nitrogens with zero attached hydrogens (tertiary/aromatic N) is 3. The highest BCUT2D eigenvalue weighted by Gasteiger charge is 1.91. The zero-order valence-electron chi connectivity index (χ0n) is 5.82. The number of hydrogen-bond donors (Lipinski definition) is 0. The first-order valence-electron chi connectivity index (χ1n) is 3.11. The van der Waals surface area contributed by atoms with Gasteiger partial charge < -0.3 is 0 Å².